The topological polar surface area (TPSA) is 116 Å². The lowest BCUT2D eigenvalue weighted by Crippen LogP contribution is -2.20. The Kier molecular flexibility index (Phi) is 3.31. The first-order valence-corrected chi connectivity index (χ1v) is 7.38. The maximum absolute atomic E-state index is 12.7. The normalized spacial score (nSPS) is 11.6. The van der Waals surface area contributed by atoms with Crippen LogP contribution in [0.2, 0.25) is 0 Å². The molecule has 4 aromatic heterocycles. The third kappa shape index (κ3) is 2.15. The minimum Gasteiger partial charge on any atom is -0.377 e. The summed E-state index contributed by atoms with van der Waals surface area (Å²) >= 11 is 0. The second kappa shape index (κ2) is 5.49. The molecular formula is C14H14N8O2. The number of ether oxygens (including phenoxy) is 1. The Morgan fingerprint density at radius 1 is 1.33 bits per heavy atom. The van der Waals surface area contributed by atoms with Gasteiger partial charge in [0.2, 0.25) is 0 Å². The molecule has 0 unspecified atom stereocenters. The number of aromatic amines is 1. The van der Waals surface area contributed by atoms with Crippen molar-refractivity contribution in [1.82, 2.24) is 39.3 Å². The lowest BCUT2D eigenvalue weighted by atomic mass is 10.3. The highest BCUT2D eigenvalue weighted by molar-refractivity contribution is 5.78. The molecule has 0 radical (unpaired) electrons. The largest absolute Gasteiger partial charge is 0.377 e. The van der Waals surface area contributed by atoms with Crippen LogP contribution in [0.15, 0.2) is 23.3 Å². The van der Waals surface area contributed by atoms with E-state index in [-0.39, 0.29) is 12.2 Å². The highest BCUT2D eigenvalue weighted by Gasteiger charge is 2.13. The molecule has 0 atom stereocenters. The van der Waals surface area contributed by atoms with Crippen LogP contribution in [0.4, 0.5) is 0 Å². The van der Waals surface area contributed by atoms with E-state index in [1.165, 1.54) is 15.3 Å². The summed E-state index contributed by atoms with van der Waals surface area (Å²) in [6, 6.07) is 1.76. The quantitative estimate of drug-likeness (QED) is 0.571. The molecule has 10 nitrogen and oxygen atoms in total. The van der Waals surface area contributed by atoms with Crippen molar-refractivity contribution in [2.75, 3.05) is 7.11 Å². The van der Waals surface area contributed by atoms with Crippen LogP contribution in [0.25, 0.3) is 22.6 Å². The lowest BCUT2D eigenvalue weighted by Gasteiger charge is -2.03. The molecule has 0 aliphatic rings. The van der Waals surface area contributed by atoms with Crippen LogP contribution in [0.5, 0.6) is 0 Å². The number of H-pyrrole nitrogens is 1. The number of aromatic nitrogens is 8. The molecule has 10 heteroatoms. The van der Waals surface area contributed by atoms with Gasteiger partial charge in [-0.15, -0.1) is 10.2 Å². The van der Waals surface area contributed by atoms with Crippen LogP contribution < -0.4 is 5.56 Å². The number of nitrogens with one attached hydrogen (secondary N) is 1. The second-order valence-electron chi connectivity index (χ2n) is 5.16. The summed E-state index contributed by atoms with van der Waals surface area (Å²) in [5, 5.41) is 11.6. The number of pyridine rings is 1. The monoisotopic (exact) mass is 326 g/mol. The third-order valence-corrected chi connectivity index (χ3v) is 3.62. The van der Waals surface area contributed by atoms with Gasteiger partial charge < -0.3 is 4.74 Å². The van der Waals surface area contributed by atoms with Crippen LogP contribution in [-0.4, -0.2) is 46.4 Å². The molecule has 0 amide bonds. The van der Waals surface area contributed by atoms with Crippen LogP contribution >= 0.6 is 0 Å². The SMILES string of the molecule is CCc1nc(-n2ccc3c(cnc4nc(COC)nn43)c2=O)n[nH]1. The summed E-state index contributed by atoms with van der Waals surface area (Å²) in [7, 11) is 1.57. The smallest absolute Gasteiger partial charge is 0.268 e. The lowest BCUT2D eigenvalue weighted by molar-refractivity contribution is 0.178. The van der Waals surface area contributed by atoms with E-state index >= 15 is 0 Å². The summed E-state index contributed by atoms with van der Waals surface area (Å²) in [6.45, 7) is 2.23. The maximum atomic E-state index is 12.7. The average molecular weight is 326 g/mol. The second-order valence-corrected chi connectivity index (χ2v) is 5.16. The molecular weight excluding hydrogens is 312 g/mol. The molecule has 0 aliphatic heterocycles. The van der Waals surface area contributed by atoms with Gasteiger partial charge in [0.1, 0.15) is 12.4 Å². The van der Waals surface area contributed by atoms with Gasteiger partial charge in [0.05, 0.1) is 10.9 Å². The molecule has 4 rings (SSSR count). The minimum absolute atomic E-state index is 0.271. The Hall–Kier alpha value is -3.14. The number of fused-ring (bicyclic) bond motifs is 3. The average Bonchev–Trinajstić information content (AvgIpc) is 3.21. The summed E-state index contributed by atoms with van der Waals surface area (Å²) in [6.07, 6.45) is 3.81. The fraction of sp³-hybridized carbons (Fsp3) is 0.286. The van der Waals surface area contributed by atoms with E-state index in [2.05, 4.69) is 30.2 Å². The molecule has 0 saturated carbocycles. The molecule has 0 aliphatic carbocycles. The highest BCUT2D eigenvalue weighted by atomic mass is 16.5. The van der Waals surface area contributed by atoms with E-state index in [4.69, 9.17) is 4.74 Å². The van der Waals surface area contributed by atoms with Gasteiger partial charge in [0.15, 0.2) is 5.82 Å². The predicted octanol–water partition coefficient (Wildman–Crippen LogP) is 0.255. The number of aryl methyl sites for hydroxylation is 1. The Labute approximate surface area is 135 Å². The van der Waals surface area contributed by atoms with Crippen LogP contribution in [0, 0.1) is 0 Å². The molecule has 1 N–H and O–H groups in total. The predicted molar refractivity (Wildman–Crippen MR) is 83.9 cm³/mol. The molecule has 122 valence electrons. The summed E-state index contributed by atoms with van der Waals surface area (Å²) in [4.78, 5) is 25.5. The molecule has 0 spiro atoms. The molecule has 0 fully saturated rings. The van der Waals surface area contributed by atoms with Crippen molar-refractivity contribution in [3.63, 3.8) is 0 Å². The van der Waals surface area contributed by atoms with Gasteiger partial charge in [0.25, 0.3) is 17.3 Å². The zero-order chi connectivity index (χ0) is 16.7. The summed E-state index contributed by atoms with van der Waals surface area (Å²) in [5.41, 5.74) is 0.342. The maximum Gasteiger partial charge on any atom is 0.268 e. The standard InChI is InChI=1S/C14H14N8O2/c1-3-10-16-14(19-18-10)21-5-4-9-8(12(21)23)6-15-13-17-11(7-24-2)20-22(9)13/h4-6H,3,7H2,1-2H3,(H,16,18,19). The van der Waals surface area contributed by atoms with Gasteiger partial charge in [0, 0.05) is 25.9 Å². The zero-order valence-corrected chi connectivity index (χ0v) is 13.1. The van der Waals surface area contributed by atoms with E-state index in [1.54, 1.807) is 19.4 Å². The van der Waals surface area contributed by atoms with Crippen molar-refractivity contribution in [1.29, 1.82) is 0 Å². The van der Waals surface area contributed by atoms with Crippen molar-refractivity contribution >= 4 is 16.7 Å². The molecule has 4 aromatic rings. The van der Waals surface area contributed by atoms with Crippen molar-refractivity contribution in [2.24, 2.45) is 0 Å². The summed E-state index contributed by atoms with van der Waals surface area (Å²) in [5.74, 6) is 1.93. The summed E-state index contributed by atoms with van der Waals surface area (Å²) < 4.78 is 7.94. The molecule has 0 saturated heterocycles. The fourth-order valence-corrected chi connectivity index (χ4v) is 2.46. The van der Waals surface area contributed by atoms with E-state index in [0.29, 0.717) is 40.7 Å². The number of hydrogen-bond donors (Lipinski definition) is 1. The first-order chi connectivity index (χ1) is 11.7. The Balaban J connectivity index is 1.92. The van der Waals surface area contributed by atoms with Crippen molar-refractivity contribution in [2.45, 2.75) is 20.0 Å². The van der Waals surface area contributed by atoms with E-state index in [1.807, 2.05) is 6.92 Å². The van der Waals surface area contributed by atoms with E-state index < -0.39 is 0 Å². The Bertz CT molecular complexity index is 1090. The van der Waals surface area contributed by atoms with Crippen LogP contribution in [0.3, 0.4) is 0 Å². The van der Waals surface area contributed by atoms with E-state index in [9.17, 15) is 4.79 Å². The van der Waals surface area contributed by atoms with Crippen LogP contribution in [0.1, 0.15) is 18.6 Å². The molecule has 0 aromatic carbocycles. The number of rotatable bonds is 4. The first-order valence-electron chi connectivity index (χ1n) is 7.38. The fourth-order valence-electron chi connectivity index (χ4n) is 2.46. The highest BCUT2D eigenvalue weighted by Crippen LogP contribution is 2.12. The van der Waals surface area contributed by atoms with Crippen molar-refractivity contribution in [3.05, 3.63) is 40.5 Å². The van der Waals surface area contributed by atoms with Crippen molar-refractivity contribution < 1.29 is 4.74 Å². The third-order valence-electron chi connectivity index (χ3n) is 3.62. The van der Waals surface area contributed by atoms with Gasteiger partial charge in [-0.1, -0.05) is 6.92 Å². The number of methoxy groups -OCH3 is 1. The minimum atomic E-state index is -0.271. The molecule has 0 bridgehead atoms. The van der Waals surface area contributed by atoms with Crippen LogP contribution in [-0.2, 0) is 17.8 Å². The zero-order valence-electron chi connectivity index (χ0n) is 13.1. The molecule has 24 heavy (non-hydrogen) atoms. The van der Waals surface area contributed by atoms with Gasteiger partial charge in [-0.25, -0.2) is 9.55 Å². The molecule has 4 heterocycles. The van der Waals surface area contributed by atoms with Gasteiger partial charge in [-0.2, -0.15) is 14.5 Å². The Morgan fingerprint density at radius 2 is 2.21 bits per heavy atom. The van der Waals surface area contributed by atoms with Gasteiger partial charge in [-0.05, 0) is 6.07 Å². The number of nitrogens with zero attached hydrogens (tertiary/aromatic N) is 7. The van der Waals surface area contributed by atoms with Gasteiger partial charge in [-0.3, -0.25) is 9.89 Å². The van der Waals surface area contributed by atoms with Crippen molar-refractivity contribution in [3.8, 4) is 5.95 Å². The number of hydrogen-bond acceptors (Lipinski definition) is 7. The first kappa shape index (κ1) is 14.5. The van der Waals surface area contributed by atoms with Gasteiger partial charge >= 0.3 is 0 Å². The Morgan fingerprint density at radius 3 is 2.96 bits per heavy atom. The van der Waals surface area contributed by atoms with E-state index in [0.717, 1.165) is 0 Å².